The summed E-state index contributed by atoms with van der Waals surface area (Å²) >= 11 is 0. The van der Waals surface area contributed by atoms with Crippen LogP contribution in [0.4, 0.5) is 5.69 Å². The van der Waals surface area contributed by atoms with Crippen LogP contribution in [0.15, 0.2) is 18.2 Å². The van der Waals surface area contributed by atoms with Gasteiger partial charge in [0.1, 0.15) is 0 Å². The number of anilines is 1. The van der Waals surface area contributed by atoms with Crippen LogP contribution in [0.25, 0.3) is 0 Å². The molecule has 0 radical (unpaired) electrons. The first-order valence-electron chi connectivity index (χ1n) is 7.94. The molecule has 1 aliphatic rings. The van der Waals surface area contributed by atoms with Crippen LogP contribution in [0.2, 0.25) is 0 Å². The highest BCUT2D eigenvalue weighted by atomic mass is 15.2. The molecule has 0 aliphatic carbocycles. The third-order valence-corrected chi connectivity index (χ3v) is 4.94. The second-order valence-electron chi connectivity index (χ2n) is 7.09. The Morgan fingerprint density at radius 3 is 2.35 bits per heavy atom. The number of fused-ring (bicyclic) bond motifs is 1. The van der Waals surface area contributed by atoms with E-state index in [1.807, 2.05) is 7.05 Å². The van der Waals surface area contributed by atoms with E-state index in [4.69, 9.17) is 0 Å². The summed E-state index contributed by atoms with van der Waals surface area (Å²) in [6.45, 7) is 13.8. The highest BCUT2D eigenvalue weighted by Crippen LogP contribution is 2.49. The number of hydrogen-bond donors (Lipinski definition) is 1. The van der Waals surface area contributed by atoms with Crippen LogP contribution < -0.4 is 10.2 Å². The molecule has 0 amide bonds. The van der Waals surface area contributed by atoms with Crippen molar-refractivity contribution >= 4 is 5.69 Å². The van der Waals surface area contributed by atoms with Crippen molar-refractivity contribution in [2.24, 2.45) is 0 Å². The Balaban J connectivity index is 2.62. The van der Waals surface area contributed by atoms with Gasteiger partial charge < -0.3 is 10.2 Å². The lowest BCUT2D eigenvalue weighted by molar-refractivity contribution is 0.385. The quantitative estimate of drug-likeness (QED) is 0.890. The molecule has 2 rings (SSSR count). The predicted molar refractivity (Wildman–Crippen MR) is 88.6 cm³/mol. The third kappa shape index (κ3) is 2.35. The summed E-state index contributed by atoms with van der Waals surface area (Å²) in [7, 11) is 2.04. The first kappa shape index (κ1) is 15.4. The molecule has 0 bridgehead atoms. The number of nitrogens with zero attached hydrogens (tertiary/aromatic N) is 1. The topological polar surface area (TPSA) is 15.3 Å². The number of rotatable bonds is 4. The lowest BCUT2D eigenvalue weighted by Gasteiger charge is -2.37. The Labute approximate surface area is 124 Å². The molecule has 1 aromatic rings. The van der Waals surface area contributed by atoms with E-state index in [-0.39, 0.29) is 5.54 Å². The minimum atomic E-state index is 0.180. The second kappa shape index (κ2) is 5.40. The SMILES string of the molecule is CCC1(CC)CN(C(C)(C)C)c2cccc(CNC)c21. The highest BCUT2D eigenvalue weighted by Gasteiger charge is 2.44. The highest BCUT2D eigenvalue weighted by molar-refractivity contribution is 5.66. The Morgan fingerprint density at radius 2 is 1.85 bits per heavy atom. The van der Waals surface area contributed by atoms with E-state index < -0.39 is 0 Å². The van der Waals surface area contributed by atoms with Gasteiger partial charge in [-0.3, -0.25) is 0 Å². The van der Waals surface area contributed by atoms with Crippen molar-refractivity contribution < 1.29 is 0 Å². The average molecular weight is 274 g/mol. The Hall–Kier alpha value is -1.02. The summed E-state index contributed by atoms with van der Waals surface area (Å²) in [6, 6.07) is 6.82. The van der Waals surface area contributed by atoms with E-state index in [1.165, 1.54) is 24.1 Å². The Kier molecular flexibility index (Phi) is 4.15. The molecule has 1 aliphatic heterocycles. The maximum atomic E-state index is 3.33. The molecule has 1 heterocycles. The summed E-state index contributed by atoms with van der Waals surface area (Å²) in [5.74, 6) is 0. The smallest absolute Gasteiger partial charge is 0.0413 e. The largest absolute Gasteiger partial charge is 0.366 e. The zero-order valence-electron chi connectivity index (χ0n) is 14.0. The lowest BCUT2D eigenvalue weighted by atomic mass is 9.75. The van der Waals surface area contributed by atoms with Gasteiger partial charge in [0.2, 0.25) is 0 Å². The van der Waals surface area contributed by atoms with Crippen molar-refractivity contribution in [1.82, 2.24) is 5.32 Å². The fraction of sp³-hybridized carbons (Fsp3) is 0.667. The van der Waals surface area contributed by atoms with Gasteiger partial charge in [-0.05, 0) is 57.9 Å². The van der Waals surface area contributed by atoms with Gasteiger partial charge in [0.05, 0.1) is 0 Å². The maximum absolute atomic E-state index is 3.33. The van der Waals surface area contributed by atoms with Crippen molar-refractivity contribution in [3.05, 3.63) is 29.3 Å². The third-order valence-electron chi connectivity index (χ3n) is 4.94. The van der Waals surface area contributed by atoms with Gasteiger partial charge >= 0.3 is 0 Å². The van der Waals surface area contributed by atoms with Crippen molar-refractivity contribution in [3.8, 4) is 0 Å². The zero-order chi connectivity index (χ0) is 15.0. The van der Waals surface area contributed by atoms with E-state index in [0.29, 0.717) is 5.41 Å². The number of nitrogens with one attached hydrogen (secondary N) is 1. The molecule has 1 N–H and O–H groups in total. The van der Waals surface area contributed by atoms with Gasteiger partial charge in [0.25, 0.3) is 0 Å². The second-order valence-corrected chi connectivity index (χ2v) is 7.09. The monoisotopic (exact) mass is 274 g/mol. The summed E-state index contributed by atoms with van der Waals surface area (Å²) in [5.41, 5.74) is 5.01. The molecule has 2 nitrogen and oxygen atoms in total. The summed E-state index contributed by atoms with van der Waals surface area (Å²) in [4.78, 5) is 2.61. The molecule has 1 aromatic carbocycles. The van der Waals surface area contributed by atoms with Crippen LogP contribution in [-0.4, -0.2) is 19.1 Å². The zero-order valence-corrected chi connectivity index (χ0v) is 14.0. The maximum Gasteiger partial charge on any atom is 0.0413 e. The fourth-order valence-electron chi connectivity index (χ4n) is 3.65. The molecule has 0 saturated heterocycles. The first-order chi connectivity index (χ1) is 9.39. The van der Waals surface area contributed by atoms with Gasteiger partial charge in [-0.2, -0.15) is 0 Å². The summed E-state index contributed by atoms with van der Waals surface area (Å²) < 4.78 is 0. The molecule has 0 saturated carbocycles. The molecule has 0 aromatic heterocycles. The van der Waals surface area contributed by atoms with E-state index in [2.05, 4.69) is 63.0 Å². The molecule has 0 spiro atoms. The minimum absolute atomic E-state index is 0.180. The number of benzene rings is 1. The van der Waals surface area contributed by atoms with Crippen LogP contribution in [-0.2, 0) is 12.0 Å². The van der Waals surface area contributed by atoms with Crippen LogP contribution in [0, 0.1) is 0 Å². The van der Waals surface area contributed by atoms with Crippen LogP contribution >= 0.6 is 0 Å². The fourth-order valence-corrected chi connectivity index (χ4v) is 3.65. The molecule has 2 heteroatoms. The summed E-state index contributed by atoms with van der Waals surface area (Å²) in [6.07, 6.45) is 2.42. The molecular formula is C18H30N2. The normalized spacial score (nSPS) is 17.4. The van der Waals surface area contributed by atoms with E-state index in [1.54, 1.807) is 5.56 Å². The summed E-state index contributed by atoms with van der Waals surface area (Å²) in [5, 5.41) is 3.33. The van der Waals surface area contributed by atoms with Gasteiger partial charge in [0, 0.05) is 29.7 Å². The van der Waals surface area contributed by atoms with Crippen molar-refractivity contribution in [2.45, 2.75) is 65.0 Å². The average Bonchev–Trinajstić information content (AvgIpc) is 2.75. The lowest BCUT2D eigenvalue weighted by Crippen LogP contribution is -2.44. The van der Waals surface area contributed by atoms with Gasteiger partial charge in [-0.1, -0.05) is 26.0 Å². The standard InChI is InChI=1S/C18H30N2/c1-7-18(8-2)13-20(17(3,4)5)15-11-9-10-14(12-19-6)16(15)18/h9-11,19H,7-8,12-13H2,1-6H3. The predicted octanol–water partition coefficient (Wildman–Crippen LogP) is 4.08. The minimum Gasteiger partial charge on any atom is -0.366 e. The molecule has 0 atom stereocenters. The molecular weight excluding hydrogens is 244 g/mol. The van der Waals surface area contributed by atoms with Crippen molar-refractivity contribution in [3.63, 3.8) is 0 Å². The Morgan fingerprint density at radius 1 is 1.20 bits per heavy atom. The van der Waals surface area contributed by atoms with E-state index in [9.17, 15) is 0 Å². The van der Waals surface area contributed by atoms with Gasteiger partial charge in [0.15, 0.2) is 0 Å². The molecule has 0 fully saturated rings. The molecule has 112 valence electrons. The van der Waals surface area contributed by atoms with Crippen LogP contribution in [0.1, 0.15) is 58.6 Å². The van der Waals surface area contributed by atoms with Gasteiger partial charge in [-0.25, -0.2) is 0 Å². The first-order valence-corrected chi connectivity index (χ1v) is 7.94. The molecule has 20 heavy (non-hydrogen) atoms. The van der Waals surface area contributed by atoms with E-state index in [0.717, 1.165) is 13.1 Å². The van der Waals surface area contributed by atoms with Crippen LogP contribution in [0.5, 0.6) is 0 Å². The van der Waals surface area contributed by atoms with Crippen LogP contribution in [0.3, 0.4) is 0 Å². The van der Waals surface area contributed by atoms with Gasteiger partial charge in [-0.15, -0.1) is 0 Å². The molecule has 0 unspecified atom stereocenters. The van der Waals surface area contributed by atoms with Crippen molar-refractivity contribution in [2.75, 3.05) is 18.5 Å². The number of hydrogen-bond acceptors (Lipinski definition) is 2. The van der Waals surface area contributed by atoms with Crippen molar-refractivity contribution in [1.29, 1.82) is 0 Å². The Bertz CT molecular complexity index is 467. The van der Waals surface area contributed by atoms with E-state index >= 15 is 0 Å².